The predicted molar refractivity (Wildman–Crippen MR) is 155 cm³/mol. The molecule has 8 nitrogen and oxygen atoms in total. The monoisotopic (exact) mass is 538 g/mol. The Hall–Kier alpha value is -3.91. The number of cyclic esters (lactones) is 1. The minimum atomic E-state index is -0.252. The molecule has 0 unspecified atom stereocenters. The number of fused-ring (bicyclic) bond motifs is 3. The van der Waals surface area contributed by atoms with Crippen molar-refractivity contribution in [2.75, 3.05) is 44.3 Å². The van der Waals surface area contributed by atoms with Gasteiger partial charge in [0, 0.05) is 11.9 Å². The van der Waals surface area contributed by atoms with E-state index < -0.39 is 0 Å². The van der Waals surface area contributed by atoms with E-state index in [9.17, 15) is 9.90 Å². The zero-order chi connectivity index (χ0) is 27.3. The number of aromatic hydroxyl groups is 1. The summed E-state index contributed by atoms with van der Waals surface area (Å²) >= 11 is 0. The maximum atomic E-state index is 12.4. The van der Waals surface area contributed by atoms with Crippen LogP contribution < -0.4 is 9.64 Å². The number of phenolic OH excluding ortho intramolecular Hbond substituents is 1. The Morgan fingerprint density at radius 3 is 2.65 bits per heavy atom. The van der Waals surface area contributed by atoms with Crippen LogP contribution in [-0.4, -0.2) is 70.9 Å². The molecule has 3 fully saturated rings. The average Bonchev–Trinajstić information content (AvgIpc) is 3.46. The molecule has 206 valence electrons. The summed E-state index contributed by atoms with van der Waals surface area (Å²) in [5.74, 6) is 0.667. The van der Waals surface area contributed by atoms with Crippen molar-refractivity contribution in [1.82, 2.24) is 14.9 Å². The Bertz CT molecular complexity index is 1610. The first kappa shape index (κ1) is 25.1. The summed E-state index contributed by atoms with van der Waals surface area (Å²) < 4.78 is 11.8. The fraction of sp³-hybridized carbons (Fsp3) is 0.406. The topological polar surface area (TPSA) is 88.0 Å². The highest BCUT2D eigenvalue weighted by Gasteiger charge is 2.45. The lowest BCUT2D eigenvalue weighted by Gasteiger charge is -2.31. The van der Waals surface area contributed by atoms with E-state index in [1.165, 1.54) is 12.8 Å². The minimum absolute atomic E-state index is 0.0717. The van der Waals surface area contributed by atoms with Crippen molar-refractivity contribution in [1.29, 1.82) is 0 Å². The molecule has 0 spiro atoms. The van der Waals surface area contributed by atoms with Gasteiger partial charge in [0.1, 0.15) is 24.7 Å². The number of carbonyl (C=O) groups is 1. The van der Waals surface area contributed by atoms with E-state index in [1.54, 1.807) is 6.07 Å². The number of carbonyl (C=O) groups excluding carboxylic acids is 1. The van der Waals surface area contributed by atoms with Crippen molar-refractivity contribution in [2.45, 2.75) is 44.6 Å². The Kier molecular flexibility index (Phi) is 6.23. The molecule has 3 aliphatic heterocycles. The highest BCUT2D eigenvalue weighted by molar-refractivity contribution is 6.03. The van der Waals surface area contributed by atoms with E-state index in [1.807, 2.05) is 35.2 Å². The van der Waals surface area contributed by atoms with Crippen molar-refractivity contribution in [3.8, 4) is 22.9 Å². The maximum Gasteiger partial charge on any atom is 0.325 e. The van der Waals surface area contributed by atoms with Crippen LogP contribution in [0.2, 0.25) is 0 Å². The second kappa shape index (κ2) is 9.93. The van der Waals surface area contributed by atoms with Gasteiger partial charge in [0.15, 0.2) is 0 Å². The number of phenols is 1. The minimum Gasteiger partial charge on any atom is -0.508 e. The highest BCUT2D eigenvalue weighted by atomic mass is 16.5. The molecule has 4 aromatic rings. The molecule has 0 bridgehead atoms. The van der Waals surface area contributed by atoms with Gasteiger partial charge < -0.3 is 19.5 Å². The van der Waals surface area contributed by atoms with Gasteiger partial charge in [-0.1, -0.05) is 30.3 Å². The molecule has 0 atom stereocenters. The second-order valence-corrected chi connectivity index (χ2v) is 11.4. The molecule has 1 N–H and O–H groups in total. The van der Waals surface area contributed by atoms with Crippen LogP contribution in [0.3, 0.4) is 0 Å². The first-order valence-electron chi connectivity index (χ1n) is 14.3. The first-order chi connectivity index (χ1) is 19.5. The van der Waals surface area contributed by atoms with Crippen LogP contribution in [0.1, 0.15) is 37.7 Å². The van der Waals surface area contributed by atoms with E-state index in [0.717, 1.165) is 70.7 Å². The van der Waals surface area contributed by atoms with Crippen LogP contribution in [0.15, 0.2) is 48.5 Å². The molecular weight excluding hydrogens is 504 g/mol. The van der Waals surface area contributed by atoms with Gasteiger partial charge in [-0.3, -0.25) is 9.69 Å². The van der Waals surface area contributed by atoms with E-state index in [2.05, 4.69) is 24.0 Å². The number of rotatable bonds is 5. The number of hydrogen-bond donors (Lipinski definition) is 1. The predicted octanol–water partition coefficient (Wildman–Crippen LogP) is 5.22. The fourth-order valence-electron chi connectivity index (χ4n) is 6.97. The average molecular weight is 539 g/mol. The standard InChI is InChI=1S/C32H34N4O4/c1-21-24(27-18-23(37)17-22-7-2-3-8-25(22)27)9-10-26-29(21)33-31(34-30(26)35-13-6-16-39-28(38)19-35)40-20-32-11-4-14-36(32)15-5-12-32/h2-3,7-10,17-18,37H,4-6,11-16,19-20H2,1H3. The molecule has 0 saturated carbocycles. The normalized spacial score (nSPS) is 19.1. The summed E-state index contributed by atoms with van der Waals surface area (Å²) in [4.78, 5) is 26.8. The smallest absolute Gasteiger partial charge is 0.325 e. The third kappa shape index (κ3) is 4.31. The number of nitrogens with zero attached hydrogens (tertiary/aromatic N) is 4. The third-order valence-electron chi connectivity index (χ3n) is 8.95. The number of esters is 1. The molecule has 4 heterocycles. The van der Waals surface area contributed by atoms with Crippen molar-refractivity contribution in [2.24, 2.45) is 0 Å². The molecule has 0 aliphatic carbocycles. The van der Waals surface area contributed by atoms with E-state index in [-0.39, 0.29) is 23.8 Å². The Morgan fingerprint density at radius 1 is 0.975 bits per heavy atom. The Labute approximate surface area is 233 Å². The molecule has 3 saturated heterocycles. The SMILES string of the molecule is Cc1c(-c2cc(O)cc3ccccc23)ccc2c(N3CCCOC(=O)C3)nc(OCC34CCCN3CCC4)nc12. The quantitative estimate of drug-likeness (QED) is 0.346. The molecule has 1 aromatic heterocycles. The van der Waals surface area contributed by atoms with Crippen LogP contribution in [0, 0.1) is 6.92 Å². The second-order valence-electron chi connectivity index (χ2n) is 11.4. The van der Waals surface area contributed by atoms with Gasteiger partial charge in [-0.25, -0.2) is 0 Å². The number of benzene rings is 3. The lowest BCUT2D eigenvalue weighted by atomic mass is 9.93. The summed E-state index contributed by atoms with van der Waals surface area (Å²) in [5, 5.41) is 13.4. The first-order valence-corrected chi connectivity index (χ1v) is 14.3. The third-order valence-corrected chi connectivity index (χ3v) is 8.95. The van der Waals surface area contributed by atoms with Crippen LogP contribution in [0.4, 0.5) is 5.82 Å². The number of aryl methyl sites for hydroxylation is 1. The van der Waals surface area contributed by atoms with Gasteiger partial charge in [0.05, 0.1) is 17.7 Å². The van der Waals surface area contributed by atoms with Crippen molar-refractivity contribution in [3.63, 3.8) is 0 Å². The lowest BCUT2D eigenvalue weighted by molar-refractivity contribution is -0.141. The molecule has 0 amide bonds. The summed E-state index contributed by atoms with van der Waals surface area (Å²) in [6.45, 7) is 6.09. The summed E-state index contributed by atoms with van der Waals surface area (Å²) in [7, 11) is 0. The maximum absolute atomic E-state index is 12.4. The molecule has 3 aromatic carbocycles. The zero-order valence-corrected chi connectivity index (χ0v) is 22.9. The number of ether oxygens (including phenoxy) is 2. The summed E-state index contributed by atoms with van der Waals surface area (Å²) in [6, 6.07) is 16.1. The van der Waals surface area contributed by atoms with Crippen molar-refractivity contribution >= 4 is 33.5 Å². The Balaban J connectivity index is 1.36. The number of hydrogen-bond acceptors (Lipinski definition) is 8. The molecule has 0 radical (unpaired) electrons. The zero-order valence-electron chi connectivity index (χ0n) is 22.9. The van der Waals surface area contributed by atoms with Crippen LogP contribution >= 0.6 is 0 Å². The Morgan fingerprint density at radius 2 is 1.80 bits per heavy atom. The molecule has 40 heavy (non-hydrogen) atoms. The lowest BCUT2D eigenvalue weighted by Crippen LogP contribution is -2.43. The van der Waals surface area contributed by atoms with Crippen molar-refractivity contribution < 1.29 is 19.4 Å². The van der Waals surface area contributed by atoms with E-state index >= 15 is 0 Å². The largest absolute Gasteiger partial charge is 0.508 e. The summed E-state index contributed by atoms with van der Waals surface area (Å²) in [5.41, 5.74) is 3.77. The number of aromatic nitrogens is 2. The van der Waals surface area contributed by atoms with Crippen LogP contribution in [-0.2, 0) is 9.53 Å². The van der Waals surface area contributed by atoms with E-state index in [0.29, 0.717) is 31.6 Å². The summed E-state index contributed by atoms with van der Waals surface area (Å²) in [6.07, 6.45) is 5.41. The van der Waals surface area contributed by atoms with Crippen LogP contribution in [0.25, 0.3) is 32.8 Å². The van der Waals surface area contributed by atoms with Gasteiger partial charge in [0.25, 0.3) is 0 Å². The van der Waals surface area contributed by atoms with Crippen molar-refractivity contribution in [3.05, 3.63) is 54.1 Å². The van der Waals surface area contributed by atoms with Crippen LogP contribution in [0.5, 0.6) is 11.8 Å². The van der Waals surface area contributed by atoms with Gasteiger partial charge in [-0.15, -0.1) is 0 Å². The molecule has 8 heteroatoms. The fourth-order valence-corrected chi connectivity index (χ4v) is 6.97. The molecule has 3 aliphatic rings. The number of anilines is 1. The van der Waals surface area contributed by atoms with E-state index in [4.69, 9.17) is 19.4 Å². The van der Waals surface area contributed by atoms with Gasteiger partial charge in [-0.05, 0) is 97.8 Å². The van der Waals surface area contributed by atoms with Gasteiger partial charge >= 0.3 is 12.0 Å². The van der Waals surface area contributed by atoms with Gasteiger partial charge in [-0.2, -0.15) is 9.97 Å². The highest BCUT2D eigenvalue weighted by Crippen LogP contribution is 2.41. The molecule has 7 rings (SSSR count). The molecular formula is C32H34N4O4. The van der Waals surface area contributed by atoms with Gasteiger partial charge in [0.2, 0.25) is 0 Å².